The fraction of sp³-hybridized carbons (Fsp3) is 0.273. The van der Waals surface area contributed by atoms with Crippen LogP contribution in [0.2, 0.25) is 5.02 Å². The lowest BCUT2D eigenvalue weighted by Crippen LogP contribution is -2.38. The number of carbonyl (C=O) groups is 1. The number of hydrogen-bond acceptors (Lipinski definition) is 6. The van der Waals surface area contributed by atoms with Crippen molar-refractivity contribution in [3.63, 3.8) is 0 Å². The number of thiazole rings is 1. The monoisotopic (exact) mass is 438 g/mol. The van der Waals surface area contributed by atoms with Crippen molar-refractivity contribution in [1.29, 1.82) is 0 Å². The van der Waals surface area contributed by atoms with Crippen LogP contribution in [0, 0.1) is 6.92 Å². The normalized spacial score (nSPS) is 16.4. The van der Waals surface area contributed by atoms with E-state index in [9.17, 15) is 4.79 Å². The minimum absolute atomic E-state index is 0.0148. The number of rotatable bonds is 4. The van der Waals surface area contributed by atoms with Gasteiger partial charge in [0.2, 0.25) is 0 Å². The van der Waals surface area contributed by atoms with E-state index in [-0.39, 0.29) is 12.0 Å². The predicted molar refractivity (Wildman–Crippen MR) is 120 cm³/mol. The predicted octanol–water partition coefficient (Wildman–Crippen LogP) is 5.03. The van der Waals surface area contributed by atoms with Crippen LogP contribution in [0.4, 0.5) is 5.13 Å². The van der Waals surface area contributed by atoms with Crippen molar-refractivity contribution in [2.75, 3.05) is 18.1 Å². The van der Waals surface area contributed by atoms with Gasteiger partial charge in [0.05, 0.1) is 40.1 Å². The quantitative estimate of drug-likeness (QED) is 0.447. The molecule has 0 N–H and O–H groups in total. The van der Waals surface area contributed by atoms with Crippen LogP contribution in [-0.4, -0.2) is 40.1 Å². The number of para-hydroxylation sites is 2. The van der Waals surface area contributed by atoms with Gasteiger partial charge in [0.15, 0.2) is 5.13 Å². The summed E-state index contributed by atoms with van der Waals surface area (Å²) in [7, 11) is 0. The summed E-state index contributed by atoms with van der Waals surface area (Å²) in [5.41, 5.74) is 3.57. The second-order valence-corrected chi connectivity index (χ2v) is 8.81. The number of halogens is 1. The van der Waals surface area contributed by atoms with Gasteiger partial charge < -0.3 is 4.74 Å². The zero-order valence-corrected chi connectivity index (χ0v) is 17.9. The first-order valence-corrected chi connectivity index (χ1v) is 11.0. The maximum Gasteiger partial charge on any atom is 0.280 e. The van der Waals surface area contributed by atoms with Crippen molar-refractivity contribution in [2.45, 2.75) is 25.9 Å². The van der Waals surface area contributed by atoms with Crippen LogP contribution in [0.3, 0.4) is 0 Å². The van der Waals surface area contributed by atoms with Crippen molar-refractivity contribution in [3.8, 4) is 0 Å². The van der Waals surface area contributed by atoms with E-state index >= 15 is 0 Å². The first-order chi connectivity index (χ1) is 14.6. The Hall–Kier alpha value is -2.61. The third-order valence-corrected chi connectivity index (χ3v) is 6.44. The van der Waals surface area contributed by atoms with E-state index < -0.39 is 0 Å². The van der Waals surface area contributed by atoms with E-state index in [2.05, 4.69) is 9.97 Å². The van der Waals surface area contributed by atoms with Crippen molar-refractivity contribution >= 4 is 55.2 Å². The summed E-state index contributed by atoms with van der Waals surface area (Å²) >= 11 is 7.67. The second-order valence-electron chi connectivity index (χ2n) is 7.36. The molecule has 6 nitrogen and oxygen atoms in total. The number of aromatic nitrogens is 3. The topological polar surface area (TPSA) is 68.2 Å². The van der Waals surface area contributed by atoms with Crippen molar-refractivity contribution in [2.24, 2.45) is 0 Å². The molecule has 3 heterocycles. The third-order valence-electron chi connectivity index (χ3n) is 5.19. The molecule has 0 bridgehead atoms. The Morgan fingerprint density at radius 2 is 2.10 bits per heavy atom. The van der Waals surface area contributed by atoms with E-state index in [1.54, 1.807) is 4.90 Å². The molecule has 1 amide bonds. The second kappa shape index (κ2) is 7.91. The minimum Gasteiger partial charge on any atom is -0.376 e. The molecule has 0 aliphatic carbocycles. The van der Waals surface area contributed by atoms with Crippen LogP contribution >= 0.6 is 22.9 Å². The van der Waals surface area contributed by atoms with Gasteiger partial charge >= 0.3 is 0 Å². The summed E-state index contributed by atoms with van der Waals surface area (Å²) in [6.07, 6.45) is 3.43. The average Bonchev–Trinajstić information content (AvgIpc) is 3.41. The number of nitrogens with zero attached hydrogens (tertiary/aromatic N) is 4. The SMILES string of the molecule is Cc1cc(Cl)cc2sc(N(CC3CCCO3)C(=O)c3cnc4ccccc4n3)nc12. The van der Waals surface area contributed by atoms with Gasteiger partial charge in [-0.1, -0.05) is 35.1 Å². The highest BCUT2D eigenvalue weighted by Gasteiger charge is 2.28. The number of aryl methyl sites for hydroxylation is 1. The van der Waals surface area contributed by atoms with Crippen LogP contribution in [0.15, 0.2) is 42.6 Å². The first-order valence-electron chi connectivity index (χ1n) is 9.80. The van der Waals surface area contributed by atoms with Gasteiger partial charge in [0.25, 0.3) is 5.91 Å². The molecule has 1 unspecified atom stereocenters. The highest BCUT2D eigenvalue weighted by Crippen LogP contribution is 2.34. The summed E-state index contributed by atoms with van der Waals surface area (Å²) in [6.45, 7) is 3.12. The molecule has 1 saturated heterocycles. The van der Waals surface area contributed by atoms with Gasteiger partial charge in [0.1, 0.15) is 5.69 Å². The van der Waals surface area contributed by atoms with Crippen LogP contribution in [-0.2, 0) is 4.74 Å². The summed E-state index contributed by atoms with van der Waals surface area (Å²) in [5, 5.41) is 1.28. The molecular formula is C22H19ClN4O2S. The van der Waals surface area contributed by atoms with Crippen LogP contribution < -0.4 is 4.90 Å². The van der Waals surface area contributed by atoms with E-state index in [0.717, 1.165) is 40.7 Å². The van der Waals surface area contributed by atoms with Gasteiger partial charge in [-0.15, -0.1) is 0 Å². The van der Waals surface area contributed by atoms with E-state index in [4.69, 9.17) is 21.3 Å². The van der Waals surface area contributed by atoms with Crippen molar-refractivity contribution in [3.05, 3.63) is 58.9 Å². The molecule has 1 atom stereocenters. The van der Waals surface area contributed by atoms with Crippen LogP contribution in [0.1, 0.15) is 28.9 Å². The number of anilines is 1. The zero-order chi connectivity index (χ0) is 20.7. The van der Waals surface area contributed by atoms with Gasteiger partial charge in [-0.25, -0.2) is 9.97 Å². The molecule has 0 saturated carbocycles. The zero-order valence-electron chi connectivity index (χ0n) is 16.3. The Balaban J connectivity index is 1.57. The fourth-order valence-electron chi connectivity index (χ4n) is 3.70. The first kappa shape index (κ1) is 19.4. The van der Waals surface area contributed by atoms with Gasteiger partial charge in [0, 0.05) is 11.6 Å². The molecule has 0 spiro atoms. The number of carbonyl (C=O) groups excluding carboxylic acids is 1. The third kappa shape index (κ3) is 3.64. The molecule has 2 aromatic carbocycles. The smallest absolute Gasteiger partial charge is 0.280 e. The molecule has 5 rings (SSSR count). The Kier molecular flexibility index (Phi) is 5.10. The molecule has 30 heavy (non-hydrogen) atoms. The molecule has 4 aromatic rings. The maximum atomic E-state index is 13.5. The number of amides is 1. The van der Waals surface area contributed by atoms with Crippen LogP contribution in [0.5, 0.6) is 0 Å². The minimum atomic E-state index is -0.230. The number of fused-ring (bicyclic) bond motifs is 2. The maximum absolute atomic E-state index is 13.5. The number of hydrogen-bond donors (Lipinski definition) is 0. The summed E-state index contributed by atoms with van der Waals surface area (Å²) in [6, 6.07) is 11.3. The molecule has 152 valence electrons. The highest BCUT2D eigenvalue weighted by atomic mass is 35.5. The van der Waals surface area contributed by atoms with Gasteiger partial charge in [-0.2, -0.15) is 0 Å². The molecule has 1 aliphatic rings. The van der Waals surface area contributed by atoms with Gasteiger partial charge in [-0.3, -0.25) is 14.7 Å². The number of benzene rings is 2. The lowest BCUT2D eigenvalue weighted by Gasteiger charge is -2.22. The Labute approximate surface area is 182 Å². The standard InChI is InChI=1S/C22H19ClN4O2S/c1-13-9-14(23)10-19-20(13)26-22(30-19)27(12-15-5-4-8-29-15)21(28)18-11-24-16-6-2-3-7-17(16)25-18/h2-3,6-7,9-11,15H,4-5,8,12H2,1H3. The molecule has 0 radical (unpaired) electrons. The highest BCUT2D eigenvalue weighted by molar-refractivity contribution is 7.22. The molecule has 1 aliphatic heterocycles. The molecule has 2 aromatic heterocycles. The molecule has 1 fully saturated rings. The average molecular weight is 439 g/mol. The Morgan fingerprint density at radius 1 is 1.27 bits per heavy atom. The van der Waals surface area contributed by atoms with Gasteiger partial charge in [-0.05, 0) is 49.6 Å². The van der Waals surface area contributed by atoms with E-state index in [1.807, 2.05) is 43.3 Å². The summed E-state index contributed by atoms with van der Waals surface area (Å²) in [4.78, 5) is 28.9. The largest absolute Gasteiger partial charge is 0.376 e. The van der Waals surface area contributed by atoms with Crippen molar-refractivity contribution in [1.82, 2.24) is 15.0 Å². The number of ether oxygens (including phenoxy) is 1. The Bertz CT molecular complexity index is 1250. The summed E-state index contributed by atoms with van der Waals surface area (Å²) < 4.78 is 6.75. The van der Waals surface area contributed by atoms with E-state index in [0.29, 0.717) is 27.9 Å². The summed E-state index contributed by atoms with van der Waals surface area (Å²) in [5.74, 6) is -0.230. The Morgan fingerprint density at radius 3 is 2.90 bits per heavy atom. The lowest BCUT2D eigenvalue weighted by atomic mass is 10.2. The molecular weight excluding hydrogens is 420 g/mol. The molecule has 8 heteroatoms. The van der Waals surface area contributed by atoms with E-state index in [1.165, 1.54) is 17.5 Å². The van der Waals surface area contributed by atoms with Crippen molar-refractivity contribution < 1.29 is 9.53 Å². The fourth-order valence-corrected chi connectivity index (χ4v) is 5.12. The van der Waals surface area contributed by atoms with Crippen LogP contribution in [0.25, 0.3) is 21.3 Å². The lowest BCUT2D eigenvalue weighted by molar-refractivity contribution is 0.0913.